The largest absolute Gasteiger partial charge is 0.319 e. The molecule has 3 heteroatoms. The Hall–Kier alpha value is -0.410. The van der Waals surface area contributed by atoms with Crippen LogP contribution in [0.3, 0.4) is 0 Å². The standard InChI is InChI=1S/C14H19BrFN/c1-17-9-12-4-2-3-10(12)7-11-5-6-13(15)8-14(11)16/h5-6,8,10,12,17H,2-4,7,9H2,1H3. The molecule has 0 amide bonds. The highest BCUT2D eigenvalue weighted by molar-refractivity contribution is 9.10. The van der Waals surface area contributed by atoms with Crippen LogP contribution in [-0.4, -0.2) is 13.6 Å². The van der Waals surface area contributed by atoms with E-state index in [9.17, 15) is 4.39 Å². The Morgan fingerprint density at radius 2 is 2.12 bits per heavy atom. The average Bonchev–Trinajstić information content (AvgIpc) is 2.71. The van der Waals surface area contributed by atoms with Crippen LogP contribution in [-0.2, 0) is 6.42 Å². The maximum absolute atomic E-state index is 13.8. The third-order valence-corrected chi connectivity index (χ3v) is 4.27. The molecule has 17 heavy (non-hydrogen) atoms. The molecule has 0 heterocycles. The van der Waals surface area contributed by atoms with Crippen LogP contribution in [0.2, 0.25) is 0 Å². The van der Waals surface area contributed by atoms with Gasteiger partial charge in [-0.05, 0) is 62.4 Å². The van der Waals surface area contributed by atoms with E-state index < -0.39 is 0 Å². The van der Waals surface area contributed by atoms with Crippen LogP contribution in [0.25, 0.3) is 0 Å². The molecule has 2 atom stereocenters. The van der Waals surface area contributed by atoms with Crippen molar-refractivity contribution in [2.45, 2.75) is 25.7 Å². The fourth-order valence-corrected chi connectivity index (χ4v) is 3.22. The van der Waals surface area contributed by atoms with E-state index in [-0.39, 0.29) is 5.82 Å². The molecule has 1 aliphatic carbocycles. The third kappa shape index (κ3) is 3.29. The molecule has 2 rings (SSSR count). The minimum Gasteiger partial charge on any atom is -0.319 e. The van der Waals surface area contributed by atoms with Crippen molar-refractivity contribution in [3.63, 3.8) is 0 Å². The quantitative estimate of drug-likeness (QED) is 0.892. The first kappa shape index (κ1) is 13.0. The molecule has 1 N–H and O–H groups in total. The van der Waals surface area contributed by atoms with Gasteiger partial charge in [0.1, 0.15) is 5.82 Å². The van der Waals surface area contributed by atoms with Crippen molar-refractivity contribution in [1.29, 1.82) is 0 Å². The molecule has 0 bridgehead atoms. The van der Waals surface area contributed by atoms with E-state index in [1.807, 2.05) is 19.2 Å². The summed E-state index contributed by atoms with van der Waals surface area (Å²) in [5.74, 6) is 1.27. The van der Waals surface area contributed by atoms with Crippen LogP contribution in [0.5, 0.6) is 0 Å². The number of halogens is 2. The van der Waals surface area contributed by atoms with Crippen molar-refractivity contribution in [1.82, 2.24) is 5.32 Å². The summed E-state index contributed by atoms with van der Waals surface area (Å²) >= 11 is 3.30. The Balaban J connectivity index is 2.04. The number of hydrogen-bond donors (Lipinski definition) is 1. The first-order valence-electron chi connectivity index (χ1n) is 6.29. The van der Waals surface area contributed by atoms with Crippen LogP contribution < -0.4 is 5.32 Å². The monoisotopic (exact) mass is 299 g/mol. The highest BCUT2D eigenvalue weighted by Crippen LogP contribution is 2.34. The predicted octanol–water partition coefficient (Wildman–Crippen LogP) is 3.77. The highest BCUT2D eigenvalue weighted by atomic mass is 79.9. The fourth-order valence-electron chi connectivity index (χ4n) is 2.88. The molecule has 1 saturated carbocycles. The molecule has 94 valence electrons. The number of rotatable bonds is 4. The highest BCUT2D eigenvalue weighted by Gasteiger charge is 2.27. The van der Waals surface area contributed by atoms with Crippen LogP contribution in [0.1, 0.15) is 24.8 Å². The van der Waals surface area contributed by atoms with Gasteiger partial charge in [0.25, 0.3) is 0 Å². The zero-order valence-corrected chi connectivity index (χ0v) is 11.8. The Kier molecular flexibility index (Phi) is 4.57. The average molecular weight is 300 g/mol. The van der Waals surface area contributed by atoms with Gasteiger partial charge in [0.15, 0.2) is 0 Å². The fraction of sp³-hybridized carbons (Fsp3) is 0.571. The molecule has 2 unspecified atom stereocenters. The molecule has 1 aliphatic rings. The summed E-state index contributed by atoms with van der Waals surface area (Å²) in [5, 5.41) is 3.25. The molecule has 0 radical (unpaired) electrons. The Morgan fingerprint density at radius 1 is 1.35 bits per heavy atom. The topological polar surface area (TPSA) is 12.0 Å². The van der Waals surface area contributed by atoms with Crippen molar-refractivity contribution in [2.24, 2.45) is 11.8 Å². The lowest BCUT2D eigenvalue weighted by Crippen LogP contribution is -2.23. The van der Waals surface area contributed by atoms with Gasteiger partial charge in [-0.2, -0.15) is 0 Å². The van der Waals surface area contributed by atoms with Crippen LogP contribution in [0.15, 0.2) is 22.7 Å². The molecule has 0 spiro atoms. The molecule has 0 aliphatic heterocycles. The second kappa shape index (κ2) is 5.96. The first-order chi connectivity index (χ1) is 8.20. The van der Waals surface area contributed by atoms with E-state index in [0.29, 0.717) is 11.8 Å². The lowest BCUT2D eigenvalue weighted by Gasteiger charge is -2.19. The lowest BCUT2D eigenvalue weighted by atomic mass is 9.89. The minimum absolute atomic E-state index is 0.0746. The van der Waals surface area contributed by atoms with Crippen LogP contribution in [0.4, 0.5) is 4.39 Å². The minimum atomic E-state index is -0.0746. The third-order valence-electron chi connectivity index (χ3n) is 3.78. The molecule has 1 aromatic rings. The summed E-state index contributed by atoms with van der Waals surface area (Å²) in [7, 11) is 2.00. The SMILES string of the molecule is CNCC1CCCC1Cc1ccc(Br)cc1F. The Morgan fingerprint density at radius 3 is 2.82 bits per heavy atom. The van der Waals surface area contributed by atoms with E-state index in [4.69, 9.17) is 0 Å². The van der Waals surface area contributed by atoms with E-state index in [0.717, 1.165) is 23.0 Å². The summed E-state index contributed by atoms with van der Waals surface area (Å²) in [6.07, 6.45) is 4.69. The van der Waals surface area contributed by atoms with Crippen molar-refractivity contribution >= 4 is 15.9 Å². The summed E-state index contributed by atoms with van der Waals surface area (Å²) in [5.41, 5.74) is 0.862. The molecule has 1 nitrogen and oxygen atoms in total. The van der Waals surface area contributed by atoms with Crippen molar-refractivity contribution < 1.29 is 4.39 Å². The number of nitrogens with one attached hydrogen (secondary N) is 1. The van der Waals surface area contributed by atoms with Gasteiger partial charge in [0.2, 0.25) is 0 Å². The summed E-state index contributed by atoms with van der Waals surface area (Å²) in [6.45, 7) is 1.06. The van der Waals surface area contributed by atoms with Gasteiger partial charge < -0.3 is 5.32 Å². The zero-order valence-electron chi connectivity index (χ0n) is 10.2. The van der Waals surface area contributed by atoms with E-state index in [1.165, 1.54) is 19.3 Å². The molecule has 1 fully saturated rings. The van der Waals surface area contributed by atoms with Gasteiger partial charge in [-0.3, -0.25) is 0 Å². The number of benzene rings is 1. The van der Waals surface area contributed by atoms with Crippen molar-refractivity contribution in [2.75, 3.05) is 13.6 Å². The van der Waals surface area contributed by atoms with E-state index in [2.05, 4.69) is 21.2 Å². The summed E-state index contributed by atoms with van der Waals surface area (Å²) < 4.78 is 14.6. The second-order valence-electron chi connectivity index (χ2n) is 4.95. The first-order valence-corrected chi connectivity index (χ1v) is 7.08. The van der Waals surface area contributed by atoms with E-state index in [1.54, 1.807) is 6.07 Å². The lowest BCUT2D eigenvalue weighted by molar-refractivity contribution is 0.370. The smallest absolute Gasteiger partial charge is 0.127 e. The summed E-state index contributed by atoms with van der Waals surface area (Å²) in [4.78, 5) is 0. The molecular weight excluding hydrogens is 281 g/mol. The normalized spacial score (nSPS) is 24.2. The number of hydrogen-bond acceptors (Lipinski definition) is 1. The van der Waals surface area contributed by atoms with Gasteiger partial charge in [0, 0.05) is 4.47 Å². The Bertz CT molecular complexity index is 380. The second-order valence-corrected chi connectivity index (χ2v) is 5.86. The predicted molar refractivity (Wildman–Crippen MR) is 72.6 cm³/mol. The van der Waals surface area contributed by atoms with Gasteiger partial charge in [-0.1, -0.05) is 28.4 Å². The van der Waals surface area contributed by atoms with Gasteiger partial charge >= 0.3 is 0 Å². The Labute approximate surface area is 111 Å². The van der Waals surface area contributed by atoms with Crippen molar-refractivity contribution in [3.8, 4) is 0 Å². The molecule has 0 aromatic heterocycles. The van der Waals surface area contributed by atoms with E-state index >= 15 is 0 Å². The molecular formula is C14H19BrFN. The van der Waals surface area contributed by atoms with Gasteiger partial charge in [-0.25, -0.2) is 4.39 Å². The maximum atomic E-state index is 13.8. The molecule has 1 aromatic carbocycles. The van der Waals surface area contributed by atoms with Gasteiger partial charge in [0.05, 0.1) is 0 Å². The maximum Gasteiger partial charge on any atom is 0.127 e. The molecule has 0 saturated heterocycles. The summed E-state index contributed by atoms with van der Waals surface area (Å²) in [6, 6.07) is 5.41. The van der Waals surface area contributed by atoms with Crippen LogP contribution >= 0.6 is 15.9 Å². The zero-order chi connectivity index (χ0) is 12.3. The van der Waals surface area contributed by atoms with Crippen molar-refractivity contribution in [3.05, 3.63) is 34.1 Å². The van der Waals surface area contributed by atoms with Crippen LogP contribution in [0, 0.1) is 17.7 Å². The van der Waals surface area contributed by atoms with Gasteiger partial charge in [-0.15, -0.1) is 0 Å².